The van der Waals surface area contributed by atoms with Crippen molar-refractivity contribution in [3.8, 4) is 5.75 Å². The molecule has 0 radical (unpaired) electrons. The van der Waals surface area contributed by atoms with Crippen molar-refractivity contribution in [2.75, 3.05) is 10.6 Å². The first-order valence-corrected chi connectivity index (χ1v) is 10.1. The summed E-state index contributed by atoms with van der Waals surface area (Å²) in [6.07, 6.45) is 1.67. The molecule has 4 rings (SSSR count). The number of furan rings is 1. The fraction of sp³-hybridized carbons (Fsp3) is 0.0870. The SMILES string of the molecule is Cn1ccc(C(=O)Nc2ccc(NC(=O)c3ccc(COc4ccccc4[N+](=O)[O-])o3)cc2)n1. The molecule has 0 bridgehead atoms. The van der Waals surface area contributed by atoms with Crippen LogP contribution in [0, 0.1) is 10.1 Å². The topological polar surface area (TPSA) is 142 Å². The zero-order valence-electron chi connectivity index (χ0n) is 17.9. The lowest BCUT2D eigenvalue weighted by Gasteiger charge is -2.07. The van der Waals surface area contributed by atoms with Crippen molar-refractivity contribution < 1.29 is 23.7 Å². The summed E-state index contributed by atoms with van der Waals surface area (Å²) < 4.78 is 12.5. The Morgan fingerprint density at radius 1 is 1.00 bits per heavy atom. The summed E-state index contributed by atoms with van der Waals surface area (Å²) in [5, 5.41) is 20.5. The normalized spacial score (nSPS) is 10.5. The summed E-state index contributed by atoms with van der Waals surface area (Å²) in [4.78, 5) is 35.2. The minimum atomic E-state index is -0.536. The first-order valence-electron chi connectivity index (χ1n) is 10.1. The number of hydrogen-bond donors (Lipinski definition) is 2. The van der Waals surface area contributed by atoms with Gasteiger partial charge in [0.15, 0.2) is 17.2 Å². The van der Waals surface area contributed by atoms with Crippen LogP contribution >= 0.6 is 0 Å². The molecular weight excluding hydrogens is 442 g/mol. The Labute approximate surface area is 193 Å². The fourth-order valence-corrected chi connectivity index (χ4v) is 3.02. The highest BCUT2D eigenvalue weighted by Crippen LogP contribution is 2.27. The van der Waals surface area contributed by atoms with Gasteiger partial charge in [-0.25, -0.2) is 0 Å². The predicted octanol–water partition coefficient (Wildman–Crippen LogP) is 4.00. The molecular formula is C23H19N5O6. The van der Waals surface area contributed by atoms with Crippen LogP contribution in [0.5, 0.6) is 5.75 Å². The quantitative estimate of drug-likeness (QED) is 0.298. The average molecular weight is 461 g/mol. The maximum atomic E-state index is 12.5. The van der Waals surface area contributed by atoms with Crippen LogP contribution in [0.4, 0.5) is 17.1 Å². The van der Waals surface area contributed by atoms with Gasteiger partial charge in [-0.05, 0) is 48.5 Å². The minimum absolute atomic E-state index is 0.0497. The van der Waals surface area contributed by atoms with E-state index in [2.05, 4.69) is 15.7 Å². The lowest BCUT2D eigenvalue weighted by molar-refractivity contribution is -0.386. The maximum Gasteiger partial charge on any atom is 0.310 e. The second kappa shape index (κ2) is 9.69. The molecule has 0 aliphatic rings. The molecule has 2 aromatic heterocycles. The van der Waals surface area contributed by atoms with Crippen LogP contribution in [0.15, 0.2) is 77.3 Å². The standard InChI is InChI=1S/C23H19N5O6/c1-27-13-12-18(26-27)22(29)24-15-6-8-16(9-7-15)25-23(30)21-11-10-17(34-21)14-33-20-5-3-2-4-19(20)28(31)32/h2-13H,14H2,1H3,(H,24,29)(H,25,30). The van der Waals surface area contributed by atoms with Gasteiger partial charge in [-0.2, -0.15) is 5.10 Å². The highest BCUT2D eigenvalue weighted by molar-refractivity contribution is 6.04. The van der Waals surface area contributed by atoms with Crippen molar-refractivity contribution in [3.05, 3.63) is 100 Å². The van der Waals surface area contributed by atoms with Gasteiger partial charge in [0.1, 0.15) is 12.4 Å². The number of anilines is 2. The molecule has 11 heteroatoms. The van der Waals surface area contributed by atoms with Crippen LogP contribution in [-0.4, -0.2) is 26.5 Å². The van der Waals surface area contributed by atoms with Gasteiger partial charge in [0.05, 0.1) is 4.92 Å². The third kappa shape index (κ3) is 5.27. The van der Waals surface area contributed by atoms with Crippen molar-refractivity contribution in [1.82, 2.24) is 9.78 Å². The van der Waals surface area contributed by atoms with E-state index in [0.717, 1.165) is 0 Å². The van der Waals surface area contributed by atoms with E-state index in [0.29, 0.717) is 22.8 Å². The molecule has 0 aliphatic carbocycles. The molecule has 0 atom stereocenters. The number of nitro benzene ring substituents is 1. The van der Waals surface area contributed by atoms with Crippen LogP contribution in [0.1, 0.15) is 26.8 Å². The Kier molecular flexibility index (Phi) is 6.35. The van der Waals surface area contributed by atoms with E-state index in [1.54, 1.807) is 61.8 Å². The molecule has 0 aliphatic heterocycles. The molecule has 2 N–H and O–H groups in total. The largest absolute Gasteiger partial charge is 0.479 e. The summed E-state index contributed by atoms with van der Waals surface area (Å²) >= 11 is 0. The first-order chi connectivity index (χ1) is 16.4. The van der Waals surface area contributed by atoms with E-state index < -0.39 is 10.8 Å². The monoisotopic (exact) mass is 461 g/mol. The lowest BCUT2D eigenvalue weighted by atomic mass is 10.2. The van der Waals surface area contributed by atoms with Crippen molar-refractivity contribution >= 4 is 28.9 Å². The third-order valence-electron chi connectivity index (χ3n) is 4.66. The molecule has 11 nitrogen and oxygen atoms in total. The summed E-state index contributed by atoms with van der Waals surface area (Å²) in [7, 11) is 1.72. The van der Waals surface area contributed by atoms with Crippen molar-refractivity contribution in [2.24, 2.45) is 7.05 Å². The second-order valence-corrected chi connectivity index (χ2v) is 7.14. The van der Waals surface area contributed by atoms with Crippen molar-refractivity contribution in [3.63, 3.8) is 0 Å². The molecule has 172 valence electrons. The third-order valence-corrected chi connectivity index (χ3v) is 4.66. The number of carbonyl (C=O) groups is 2. The molecule has 0 unspecified atom stereocenters. The summed E-state index contributed by atoms with van der Waals surface area (Å²) in [6, 6.07) is 17.2. The Hall–Kier alpha value is -4.93. The number of para-hydroxylation sites is 2. The number of benzene rings is 2. The van der Waals surface area contributed by atoms with Crippen LogP contribution < -0.4 is 15.4 Å². The van der Waals surface area contributed by atoms with E-state index >= 15 is 0 Å². The molecule has 0 saturated carbocycles. The summed E-state index contributed by atoms with van der Waals surface area (Å²) in [5.74, 6) is -0.347. The average Bonchev–Trinajstić information content (AvgIpc) is 3.48. The zero-order chi connectivity index (χ0) is 24.1. The van der Waals surface area contributed by atoms with Gasteiger partial charge in [0, 0.05) is 30.7 Å². The van der Waals surface area contributed by atoms with E-state index in [9.17, 15) is 19.7 Å². The number of nitro groups is 1. The Bertz CT molecular complexity index is 1340. The number of ether oxygens (including phenoxy) is 1. The van der Waals surface area contributed by atoms with Gasteiger partial charge in [0.25, 0.3) is 11.8 Å². The van der Waals surface area contributed by atoms with Gasteiger partial charge in [-0.15, -0.1) is 0 Å². The minimum Gasteiger partial charge on any atom is -0.479 e. The van der Waals surface area contributed by atoms with Crippen molar-refractivity contribution in [1.29, 1.82) is 0 Å². The second-order valence-electron chi connectivity index (χ2n) is 7.14. The van der Waals surface area contributed by atoms with Gasteiger partial charge in [-0.1, -0.05) is 12.1 Å². The molecule has 2 aromatic carbocycles. The molecule has 0 spiro atoms. The van der Waals surface area contributed by atoms with Crippen LogP contribution in [0.3, 0.4) is 0 Å². The highest BCUT2D eigenvalue weighted by atomic mass is 16.6. The molecule has 2 heterocycles. The van der Waals surface area contributed by atoms with Gasteiger partial charge in [0.2, 0.25) is 0 Å². The molecule has 4 aromatic rings. The number of nitrogens with zero attached hydrogens (tertiary/aromatic N) is 3. The fourth-order valence-electron chi connectivity index (χ4n) is 3.02. The van der Waals surface area contributed by atoms with Crippen LogP contribution in [0.25, 0.3) is 0 Å². The number of amides is 2. The number of nitrogens with one attached hydrogen (secondary N) is 2. The van der Waals surface area contributed by atoms with Crippen LogP contribution in [0.2, 0.25) is 0 Å². The van der Waals surface area contributed by atoms with Crippen LogP contribution in [-0.2, 0) is 13.7 Å². The van der Waals surface area contributed by atoms with E-state index in [1.807, 2.05) is 0 Å². The Morgan fingerprint density at radius 3 is 2.32 bits per heavy atom. The highest BCUT2D eigenvalue weighted by Gasteiger charge is 2.16. The molecule has 34 heavy (non-hydrogen) atoms. The smallest absolute Gasteiger partial charge is 0.310 e. The molecule has 0 fully saturated rings. The summed E-state index contributed by atoms with van der Waals surface area (Å²) in [5.41, 5.74) is 1.17. The van der Waals surface area contributed by atoms with E-state index in [4.69, 9.17) is 9.15 Å². The van der Waals surface area contributed by atoms with Gasteiger partial charge < -0.3 is 19.8 Å². The zero-order valence-corrected chi connectivity index (χ0v) is 17.9. The van der Waals surface area contributed by atoms with Gasteiger partial charge in [-0.3, -0.25) is 24.4 Å². The summed E-state index contributed by atoms with van der Waals surface area (Å²) in [6.45, 7) is -0.0806. The van der Waals surface area contributed by atoms with Gasteiger partial charge >= 0.3 is 5.69 Å². The first kappa shape index (κ1) is 22.3. The number of hydrogen-bond acceptors (Lipinski definition) is 7. The molecule has 2 amide bonds. The maximum absolute atomic E-state index is 12.5. The number of rotatable bonds is 8. The Morgan fingerprint density at radius 2 is 1.68 bits per heavy atom. The number of aromatic nitrogens is 2. The lowest BCUT2D eigenvalue weighted by Crippen LogP contribution is -2.13. The Balaban J connectivity index is 1.33. The van der Waals surface area contributed by atoms with E-state index in [1.165, 1.54) is 22.9 Å². The number of aryl methyl sites for hydroxylation is 1. The number of carbonyl (C=O) groups excluding carboxylic acids is 2. The predicted molar refractivity (Wildman–Crippen MR) is 122 cm³/mol. The van der Waals surface area contributed by atoms with E-state index in [-0.39, 0.29) is 29.7 Å². The van der Waals surface area contributed by atoms with Crippen molar-refractivity contribution in [2.45, 2.75) is 6.61 Å². The molecule has 0 saturated heterocycles.